The molecule has 2 aliphatic heterocycles. The molecule has 0 radical (unpaired) electrons. The molecule has 2 saturated heterocycles. The lowest BCUT2D eigenvalue weighted by Crippen LogP contribution is -2.46. The Morgan fingerprint density at radius 3 is 2.07 bits per heavy atom. The van der Waals surface area contributed by atoms with Crippen LogP contribution in [0, 0.1) is 17.8 Å². The Hall–Kier alpha value is -1.34. The first-order chi connectivity index (χ1) is 13.0. The summed E-state index contributed by atoms with van der Waals surface area (Å²) in [7, 11) is 0. The highest BCUT2D eigenvalue weighted by Gasteiger charge is 2.33. The Labute approximate surface area is 173 Å². The number of rotatable bonds is 5. The van der Waals surface area contributed by atoms with Crippen LogP contribution in [0.5, 0.6) is 0 Å². The van der Waals surface area contributed by atoms with E-state index in [4.69, 9.17) is 5.11 Å². The molecule has 1 saturated carbocycles. The van der Waals surface area contributed by atoms with Gasteiger partial charge in [-0.15, -0.1) is 12.4 Å². The van der Waals surface area contributed by atoms with Crippen molar-refractivity contribution < 1.29 is 19.5 Å². The molecule has 3 N–H and O–H groups in total. The molecule has 0 unspecified atom stereocenters. The monoisotopic (exact) mass is 415 g/mol. The van der Waals surface area contributed by atoms with E-state index in [0.29, 0.717) is 13.1 Å². The third-order valence-corrected chi connectivity index (χ3v) is 6.52. The number of nitrogens with zero attached hydrogens (tertiary/aromatic N) is 1. The van der Waals surface area contributed by atoms with Crippen LogP contribution in [0.25, 0.3) is 0 Å². The zero-order valence-electron chi connectivity index (χ0n) is 16.5. The van der Waals surface area contributed by atoms with Crippen molar-refractivity contribution in [2.24, 2.45) is 17.8 Å². The predicted molar refractivity (Wildman–Crippen MR) is 108 cm³/mol. The summed E-state index contributed by atoms with van der Waals surface area (Å²) < 4.78 is 0. The average molecular weight is 416 g/mol. The molecule has 160 valence electrons. The molecule has 3 aliphatic rings. The summed E-state index contributed by atoms with van der Waals surface area (Å²) in [6.07, 6.45) is 7.06. The van der Waals surface area contributed by atoms with Gasteiger partial charge in [-0.25, -0.2) is 0 Å². The summed E-state index contributed by atoms with van der Waals surface area (Å²) in [5, 5.41) is 15.4. The topological polar surface area (TPSA) is 98.7 Å². The maximum Gasteiger partial charge on any atom is 0.303 e. The molecule has 0 aromatic heterocycles. The fraction of sp³-hybridized carbons (Fsp3) is 0.850. The van der Waals surface area contributed by atoms with Gasteiger partial charge in [-0.2, -0.15) is 0 Å². The van der Waals surface area contributed by atoms with Crippen LogP contribution in [0.15, 0.2) is 0 Å². The highest BCUT2D eigenvalue weighted by Crippen LogP contribution is 2.29. The van der Waals surface area contributed by atoms with Gasteiger partial charge in [-0.05, 0) is 70.4 Å². The maximum atomic E-state index is 12.8. The van der Waals surface area contributed by atoms with Crippen LogP contribution < -0.4 is 10.6 Å². The van der Waals surface area contributed by atoms with E-state index in [1.54, 1.807) is 0 Å². The minimum absolute atomic E-state index is 0. The van der Waals surface area contributed by atoms with Gasteiger partial charge in [0.05, 0.1) is 0 Å². The lowest BCUT2D eigenvalue weighted by molar-refractivity contribution is -0.139. The number of hydrogen-bond donors (Lipinski definition) is 3. The second-order valence-electron chi connectivity index (χ2n) is 8.45. The van der Waals surface area contributed by atoms with Gasteiger partial charge in [0.25, 0.3) is 0 Å². The first-order valence-electron chi connectivity index (χ1n) is 10.5. The van der Waals surface area contributed by atoms with Crippen molar-refractivity contribution in [1.29, 1.82) is 0 Å². The molecule has 0 bridgehead atoms. The fourth-order valence-electron chi connectivity index (χ4n) is 4.75. The quantitative estimate of drug-likeness (QED) is 0.635. The van der Waals surface area contributed by atoms with E-state index in [1.165, 1.54) is 0 Å². The normalized spacial score (nSPS) is 26.9. The lowest BCUT2D eigenvalue weighted by atomic mass is 9.84. The minimum Gasteiger partial charge on any atom is -0.481 e. The Morgan fingerprint density at radius 2 is 1.50 bits per heavy atom. The summed E-state index contributed by atoms with van der Waals surface area (Å²) in [6.45, 7) is 3.21. The third-order valence-electron chi connectivity index (χ3n) is 6.52. The van der Waals surface area contributed by atoms with Crippen molar-refractivity contribution in [2.75, 3.05) is 26.2 Å². The van der Waals surface area contributed by atoms with Gasteiger partial charge in [0.2, 0.25) is 11.8 Å². The van der Waals surface area contributed by atoms with Crippen molar-refractivity contribution in [3.63, 3.8) is 0 Å². The number of halogens is 1. The van der Waals surface area contributed by atoms with Gasteiger partial charge in [0.15, 0.2) is 0 Å². The van der Waals surface area contributed by atoms with Gasteiger partial charge in [-0.3, -0.25) is 14.4 Å². The molecule has 2 heterocycles. The highest BCUT2D eigenvalue weighted by molar-refractivity contribution is 5.85. The van der Waals surface area contributed by atoms with Crippen LogP contribution in [-0.2, 0) is 14.4 Å². The predicted octanol–water partition coefficient (Wildman–Crippen LogP) is 1.80. The van der Waals surface area contributed by atoms with Crippen molar-refractivity contribution in [1.82, 2.24) is 15.5 Å². The Balaban J connectivity index is 0.00000280. The summed E-state index contributed by atoms with van der Waals surface area (Å²) in [4.78, 5) is 37.9. The first-order valence-corrected chi connectivity index (χ1v) is 10.5. The maximum absolute atomic E-state index is 12.8. The lowest BCUT2D eigenvalue weighted by Gasteiger charge is -2.36. The van der Waals surface area contributed by atoms with E-state index in [-0.39, 0.29) is 54.4 Å². The van der Waals surface area contributed by atoms with Gasteiger partial charge >= 0.3 is 5.97 Å². The Kier molecular flexibility index (Phi) is 9.02. The molecule has 8 heteroatoms. The Morgan fingerprint density at radius 1 is 0.893 bits per heavy atom. The summed E-state index contributed by atoms with van der Waals surface area (Å²) in [5.41, 5.74) is 0. The van der Waals surface area contributed by atoms with E-state index in [2.05, 4.69) is 10.6 Å². The molecule has 1 aliphatic carbocycles. The first kappa shape index (κ1) is 22.9. The number of carboxylic acids is 1. The van der Waals surface area contributed by atoms with Crippen LogP contribution in [0.2, 0.25) is 0 Å². The molecule has 0 spiro atoms. The third kappa shape index (κ3) is 6.34. The van der Waals surface area contributed by atoms with Crippen LogP contribution in [0.3, 0.4) is 0 Å². The molecule has 7 nitrogen and oxygen atoms in total. The second-order valence-corrected chi connectivity index (χ2v) is 8.45. The number of carbonyl (C=O) groups excluding carboxylic acids is 2. The van der Waals surface area contributed by atoms with Gasteiger partial charge in [0.1, 0.15) is 0 Å². The summed E-state index contributed by atoms with van der Waals surface area (Å²) in [5.74, 6) is 0.0709. The molecule has 2 amide bonds. The van der Waals surface area contributed by atoms with Crippen LogP contribution in [0.1, 0.15) is 57.8 Å². The van der Waals surface area contributed by atoms with E-state index >= 15 is 0 Å². The van der Waals surface area contributed by atoms with Crippen LogP contribution in [0.4, 0.5) is 0 Å². The smallest absolute Gasteiger partial charge is 0.303 e. The van der Waals surface area contributed by atoms with E-state index in [0.717, 1.165) is 64.5 Å². The van der Waals surface area contributed by atoms with Crippen molar-refractivity contribution in [3.05, 3.63) is 0 Å². The molecular formula is C20H34ClN3O4. The number of likely N-dealkylation sites (tertiary alicyclic amines) is 1. The fourth-order valence-corrected chi connectivity index (χ4v) is 4.75. The number of piperidine rings is 2. The number of aliphatic carboxylic acids is 1. The van der Waals surface area contributed by atoms with Crippen molar-refractivity contribution in [3.8, 4) is 0 Å². The van der Waals surface area contributed by atoms with E-state index in [9.17, 15) is 14.4 Å². The van der Waals surface area contributed by atoms with Crippen molar-refractivity contribution in [2.45, 2.75) is 63.8 Å². The molecule has 0 atom stereocenters. The molecule has 3 rings (SSSR count). The van der Waals surface area contributed by atoms with E-state index in [1.807, 2.05) is 4.90 Å². The number of nitrogens with one attached hydrogen (secondary N) is 2. The zero-order chi connectivity index (χ0) is 19.2. The van der Waals surface area contributed by atoms with Crippen molar-refractivity contribution >= 4 is 30.2 Å². The number of carboxylic acid groups (broad SMARTS) is 1. The highest BCUT2D eigenvalue weighted by atomic mass is 35.5. The van der Waals surface area contributed by atoms with E-state index < -0.39 is 5.97 Å². The molecule has 0 aromatic carbocycles. The average Bonchev–Trinajstić information content (AvgIpc) is 2.69. The molecule has 3 fully saturated rings. The SMILES string of the molecule is Cl.O=C(O)CC1CCN(C(=O)[C@H]2CC[C@H](NC(=O)C3CCNCC3)CC2)CC1. The number of amides is 2. The Bertz CT molecular complexity index is 538. The minimum atomic E-state index is -0.746. The second kappa shape index (κ2) is 11.0. The summed E-state index contributed by atoms with van der Waals surface area (Å²) in [6, 6.07) is 0.206. The largest absolute Gasteiger partial charge is 0.481 e. The van der Waals surface area contributed by atoms with Gasteiger partial charge in [-0.1, -0.05) is 0 Å². The van der Waals surface area contributed by atoms with Crippen LogP contribution in [-0.4, -0.2) is 60.0 Å². The van der Waals surface area contributed by atoms with Crippen LogP contribution >= 0.6 is 12.4 Å². The zero-order valence-corrected chi connectivity index (χ0v) is 17.3. The standard InChI is InChI=1S/C20H33N3O4.ClH/c24-18(25)13-14-7-11-23(12-8-14)20(27)16-1-3-17(4-2-16)22-19(26)15-5-9-21-10-6-15;/h14-17,21H,1-13H2,(H,22,26)(H,24,25);1H/t16-,17-;. The van der Waals surface area contributed by atoms with Gasteiger partial charge < -0.3 is 20.6 Å². The summed E-state index contributed by atoms with van der Waals surface area (Å²) >= 11 is 0. The molecule has 28 heavy (non-hydrogen) atoms. The van der Waals surface area contributed by atoms with Gasteiger partial charge in [0, 0.05) is 37.4 Å². The number of carbonyl (C=O) groups is 3. The molecule has 0 aromatic rings. The number of hydrogen-bond acceptors (Lipinski definition) is 4. The molecular weight excluding hydrogens is 382 g/mol.